The van der Waals surface area contributed by atoms with Crippen molar-refractivity contribution < 1.29 is 4.79 Å². The van der Waals surface area contributed by atoms with Crippen LogP contribution in [0.5, 0.6) is 0 Å². The van der Waals surface area contributed by atoms with Crippen LogP contribution in [0.3, 0.4) is 0 Å². The van der Waals surface area contributed by atoms with Gasteiger partial charge in [0.1, 0.15) is 10.8 Å². The van der Waals surface area contributed by atoms with E-state index in [0.717, 1.165) is 23.5 Å². The molecule has 0 aromatic carbocycles. The number of nitrogens with zero attached hydrogens (tertiary/aromatic N) is 1. The quantitative estimate of drug-likeness (QED) is 0.742. The van der Waals surface area contributed by atoms with Gasteiger partial charge in [-0.3, -0.25) is 4.79 Å². The highest BCUT2D eigenvalue weighted by atomic mass is 32.1. The zero-order valence-electron chi connectivity index (χ0n) is 9.75. The molecule has 0 spiro atoms. The van der Waals surface area contributed by atoms with Gasteiger partial charge in [0.2, 0.25) is 0 Å². The van der Waals surface area contributed by atoms with E-state index in [1.54, 1.807) is 11.3 Å². The van der Waals surface area contributed by atoms with Gasteiger partial charge in [-0.2, -0.15) is 0 Å². The van der Waals surface area contributed by atoms with Crippen LogP contribution in [0.4, 0.5) is 0 Å². The number of aromatic nitrogens is 1. The minimum Gasteiger partial charge on any atom is -0.299 e. The second-order valence-corrected chi connectivity index (χ2v) is 5.33. The molecular formula is C12H19NOS. The number of Topliss-reactive ketones (excluding diaryl/α,β-unsaturated/α-hetero) is 1. The van der Waals surface area contributed by atoms with Crippen LogP contribution in [0.2, 0.25) is 0 Å². The van der Waals surface area contributed by atoms with Crippen LogP contribution in [0.25, 0.3) is 0 Å². The first kappa shape index (κ1) is 12.4. The first-order valence-electron chi connectivity index (χ1n) is 5.50. The Morgan fingerprint density at radius 1 is 1.53 bits per heavy atom. The molecule has 0 saturated heterocycles. The van der Waals surface area contributed by atoms with Gasteiger partial charge in [0, 0.05) is 17.5 Å². The van der Waals surface area contributed by atoms with Crippen LogP contribution >= 0.6 is 11.3 Å². The fourth-order valence-corrected chi connectivity index (χ4v) is 2.25. The van der Waals surface area contributed by atoms with Crippen molar-refractivity contribution in [3.8, 4) is 0 Å². The molecule has 0 aliphatic heterocycles. The van der Waals surface area contributed by atoms with E-state index in [1.807, 2.05) is 12.3 Å². The van der Waals surface area contributed by atoms with E-state index in [2.05, 4.69) is 18.8 Å². The van der Waals surface area contributed by atoms with Gasteiger partial charge in [-0.05, 0) is 19.3 Å². The highest BCUT2D eigenvalue weighted by Crippen LogP contribution is 2.12. The van der Waals surface area contributed by atoms with Crippen LogP contribution in [-0.4, -0.2) is 10.8 Å². The monoisotopic (exact) mass is 225 g/mol. The third-order valence-corrected chi connectivity index (χ3v) is 3.22. The van der Waals surface area contributed by atoms with Gasteiger partial charge >= 0.3 is 0 Å². The molecule has 0 saturated carbocycles. The van der Waals surface area contributed by atoms with E-state index in [0.29, 0.717) is 24.5 Å². The molecule has 0 unspecified atom stereocenters. The van der Waals surface area contributed by atoms with Crippen molar-refractivity contribution in [2.24, 2.45) is 5.92 Å². The number of aryl methyl sites for hydroxylation is 1. The number of hydrogen-bond acceptors (Lipinski definition) is 3. The summed E-state index contributed by atoms with van der Waals surface area (Å²) in [6.45, 7) is 6.34. The van der Waals surface area contributed by atoms with Crippen molar-refractivity contribution in [3.05, 3.63) is 16.1 Å². The highest BCUT2D eigenvalue weighted by Gasteiger charge is 2.07. The fourth-order valence-electron chi connectivity index (χ4n) is 1.45. The summed E-state index contributed by atoms with van der Waals surface area (Å²) in [5.74, 6) is 1.02. The molecule has 0 bridgehead atoms. The molecule has 0 aliphatic rings. The molecular weight excluding hydrogens is 206 g/mol. The summed E-state index contributed by atoms with van der Waals surface area (Å²) in [5, 5.41) is 2.96. The predicted octanol–water partition coefficient (Wildman–Crippen LogP) is 3.39. The molecule has 0 fully saturated rings. The summed E-state index contributed by atoms with van der Waals surface area (Å²) in [5.41, 5.74) is 1.02. The van der Waals surface area contributed by atoms with Crippen LogP contribution in [0.1, 0.15) is 43.8 Å². The first-order chi connectivity index (χ1) is 7.08. The molecule has 0 N–H and O–H groups in total. The lowest BCUT2D eigenvalue weighted by molar-refractivity contribution is -0.118. The molecule has 2 nitrogen and oxygen atoms in total. The van der Waals surface area contributed by atoms with Crippen LogP contribution in [0.15, 0.2) is 5.38 Å². The molecule has 1 rings (SSSR count). The Kier molecular flexibility index (Phi) is 4.95. The van der Waals surface area contributed by atoms with Crippen molar-refractivity contribution in [2.75, 3.05) is 0 Å². The standard InChI is InChI=1S/C12H19NOS/c1-9(2)5-4-6-11(14)7-12-13-10(3)8-15-12/h8-9H,4-7H2,1-3H3. The summed E-state index contributed by atoms with van der Waals surface area (Å²) in [6.07, 6.45) is 3.39. The van der Waals surface area contributed by atoms with Crippen molar-refractivity contribution in [1.29, 1.82) is 0 Å². The zero-order valence-corrected chi connectivity index (χ0v) is 10.6. The normalized spacial score (nSPS) is 10.9. The van der Waals surface area contributed by atoms with Gasteiger partial charge in [-0.25, -0.2) is 4.98 Å². The molecule has 84 valence electrons. The van der Waals surface area contributed by atoms with Gasteiger partial charge in [0.05, 0.1) is 6.42 Å². The summed E-state index contributed by atoms with van der Waals surface area (Å²) in [7, 11) is 0. The third kappa shape index (κ3) is 5.07. The summed E-state index contributed by atoms with van der Waals surface area (Å²) in [6, 6.07) is 0. The number of carbonyl (C=O) groups is 1. The smallest absolute Gasteiger partial charge is 0.139 e. The maximum absolute atomic E-state index is 11.6. The van der Waals surface area contributed by atoms with Crippen molar-refractivity contribution in [3.63, 3.8) is 0 Å². The van der Waals surface area contributed by atoms with E-state index in [4.69, 9.17) is 0 Å². The van der Waals surface area contributed by atoms with Gasteiger partial charge < -0.3 is 0 Å². The second-order valence-electron chi connectivity index (χ2n) is 4.38. The zero-order chi connectivity index (χ0) is 11.3. The van der Waals surface area contributed by atoms with Gasteiger partial charge in [0.25, 0.3) is 0 Å². The van der Waals surface area contributed by atoms with E-state index < -0.39 is 0 Å². The molecule has 1 aromatic heterocycles. The second kappa shape index (κ2) is 6.01. The van der Waals surface area contributed by atoms with E-state index in [9.17, 15) is 4.79 Å². The van der Waals surface area contributed by atoms with Crippen molar-refractivity contribution in [1.82, 2.24) is 4.98 Å². The average Bonchev–Trinajstić information content (AvgIpc) is 2.50. The highest BCUT2D eigenvalue weighted by molar-refractivity contribution is 7.09. The average molecular weight is 225 g/mol. The molecule has 0 atom stereocenters. The molecule has 0 radical (unpaired) electrons. The van der Waals surface area contributed by atoms with Gasteiger partial charge in [0.15, 0.2) is 0 Å². The molecule has 15 heavy (non-hydrogen) atoms. The maximum atomic E-state index is 11.6. The predicted molar refractivity (Wildman–Crippen MR) is 64.3 cm³/mol. The summed E-state index contributed by atoms with van der Waals surface area (Å²) in [4.78, 5) is 15.9. The Morgan fingerprint density at radius 3 is 2.80 bits per heavy atom. The maximum Gasteiger partial charge on any atom is 0.139 e. The number of ketones is 1. The van der Waals surface area contributed by atoms with Gasteiger partial charge in [-0.1, -0.05) is 20.3 Å². The Hall–Kier alpha value is -0.700. The largest absolute Gasteiger partial charge is 0.299 e. The number of thiazole rings is 1. The first-order valence-corrected chi connectivity index (χ1v) is 6.38. The summed E-state index contributed by atoms with van der Waals surface area (Å²) < 4.78 is 0. The minimum atomic E-state index is 0.324. The lowest BCUT2D eigenvalue weighted by atomic mass is 10.0. The number of rotatable bonds is 6. The van der Waals surface area contributed by atoms with Crippen molar-refractivity contribution >= 4 is 17.1 Å². The fraction of sp³-hybridized carbons (Fsp3) is 0.667. The number of carbonyl (C=O) groups excluding carboxylic acids is 1. The van der Waals surface area contributed by atoms with E-state index >= 15 is 0 Å². The van der Waals surface area contributed by atoms with Crippen LogP contribution in [0, 0.1) is 12.8 Å². The van der Waals surface area contributed by atoms with Crippen LogP contribution in [-0.2, 0) is 11.2 Å². The van der Waals surface area contributed by atoms with Crippen LogP contribution < -0.4 is 0 Å². The third-order valence-electron chi connectivity index (χ3n) is 2.25. The van der Waals surface area contributed by atoms with E-state index in [1.165, 1.54) is 0 Å². The lowest BCUT2D eigenvalue weighted by Crippen LogP contribution is -2.03. The number of hydrogen-bond donors (Lipinski definition) is 0. The van der Waals surface area contributed by atoms with Crippen molar-refractivity contribution in [2.45, 2.75) is 46.5 Å². The Balaban J connectivity index is 2.24. The Bertz CT molecular complexity index is 317. The molecule has 0 aliphatic carbocycles. The molecule has 1 heterocycles. The lowest BCUT2D eigenvalue weighted by Gasteiger charge is -2.02. The summed E-state index contributed by atoms with van der Waals surface area (Å²) >= 11 is 1.59. The Morgan fingerprint density at radius 2 is 2.27 bits per heavy atom. The van der Waals surface area contributed by atoms with E-state index in [-0.39, 0.29) is 0 Å². The molecule has 0 amide bonds. The molecule has 1 aromatic rings. The Labute approximate surface area is 95.7 Å². The molecule has 3 heteroatoms. The topological polar surface area (TPSA) is 30.0 Å². The minimum absolute atomic E-state index is 0.324. The SMILES string of the molecule is Cc1csc(CC(=O)CCCC(C)C)n1. The van der Waals surface area contributed by atoms with Gasteiger partial charge in [-0.15, -0.1) is 11.3 Å².